The van der Waals surface area contributed by atoms with E-state index in [2.05, 4.69) is 25.5 Å². The van der Waals surface area contributed by atoms with E-state index in [4.69, 9.17) is 0 Å². The Bertz CT molecular complexity index is 1220. The Labute approximate surface area is 171 Å². The quantitative estimate of drug-likeness (QED) is 0.544. The lowest BCUT2D eigenvalue weighted by atomic mass is 10.1. The molecular formula is C22H17FN6O. The third kappa shape index (κ3) is 3.67. The Balaban J connectivity index is 1.41. The number of rotatable bonds is 5. The average Bonchev–Trinajstić information content (AvgIpc) is 3.50. The Hall–Kier alpha value is -3.94. The first-order valence-corrected chi connectivity index (χ1v) is 9.56. The molecule has 8 heteroatoms. The summed E-state index contributed by atoms with van der Waals surface area (Å²) >= 11 is 0. The third-order valence-electron chi connectivity index (χ3n) is 4.91. The molecule has 0 saturated heterocycles. The van der Waals surface area contributed by atoms with Crippen LogP contribution in [0, 0.1) is 5.82 Å². The van der Waals surface area contributed by atoms with Gasteiger partial charge in [0.25, 0.3) is 5.91 Å². The fourth-order valence-electron chi connectivity index (χ4n) is 3.32. The van der Waals surface area contributed by atoms with Crippen LogP contribution < -0.4 is 5.32 Å². The van der Waals surface area contributed by atoms with Crippen LogP contribution in [0.15, 0.2) is 67.4 Å². The van der Waals surface area contributed by atoms with Gasteiger partial charge in [0, 0.05) is 41.4 Å². The van der Waals surface area contributed by atoms with E-state index >= 15 is 0 Å². The Morgan fingerprint density at radius 2 is 1.97 bits per heavy atom. The van der Waals surface area contributed by atoms with Crippen LogP contribution in [0.2, 0.25) is 0 Å². The van der Waals surface area contributed by atoms with E-state index in [1.54, 1.807) is 43.1 Å². The summed E-state index contributed by atoms with van der Waals surface area (Å²) in [6.07, 6.45) is 8.73. The smallest absolute Gasteiger partial charge is 0.274 e. The molecule has 5 rings (SSSR count). The number of carbonyl (C=O) groups excluding carboxylic acids is 1. The molecule has 3 heterocycles. The number of benzene rings is 1. The molecule has 3 aromatic heterocycles. The first-order chi connectivity index (χ1) is 14.7. The number of anilines is 1. The van der Waals surface area contributed by atoms with E-state index in [0.717, 1.165) is 24.0 Å². The van der Waals surface area contributed by atoms with Crippen LogP contribution in [0.25, 0.3) is 22.5 Å². The number of hydrogen-bond donors (Lipinski definition) is 1. The van der Waals surface area contributed by atoms with Crippen LogP contribution in [0.1, 0.15) is 29.4 Å². The van der Waals surface area contributed by atoms with E-state index in [1.807, 2.05) is 16.7 Å². The molecule has 1 amide bonds. The predicted octanol–water partition coefficient (Wildman–Crippen LogP) is 4.13. The number of halogens is 1. The molecule has 0 unspecified atom stereocenters. The highest BCUT2D eigenvalue weighted by atomic mass is 19.1. The highest BCUT2D eigenvalue weighted by Gasteiger charge is 2.27. The fraction of sp³-hybridized carbons (Fsp3) is 0.136. The molecule has 7 nitrogen and oxygen atoms in total. The van der Waals surface area contributed by atoms with Gasteiger partial charge in [-0.25, -0.2) is 4.39 Å². The SMILES string of the molecule is O=C(Nc1cc(F)cc(-c2nncn2C2CC2)c1)c1cc(-c2cccnc2)ccn1. The molecule has 1 aliphatic rings. The van der Waals surface area contributed by atoms with Crippen LogP contribution in [-0.4, -0.2) is 30.6 Å². The summed E-state index contributed by atoms with van der Waals surface area (Å²) in [6, 6.07) is 11.9. The van der Waals surface area contributed by atoms with Gasteiger partial charge in [-0.15, -0.1) is 10.2 Å². The van der Waals surface area contributed by atoms with Crippen LogP contribution in [-0.2, 0) is 0 Å². The molecule has 30 heavy (non-hydrogen) atoms. The molecule has 1 fully saturated rings. The normalized spacial score (nSPS) is 13.2. The highest BCUT2D eigenvalue weighted by molar-refractivity contribution is 6.03. The third-order valence-corrected chi connectivity index (χ3v) is 4.91. The lowest BCUT2D eigenvalue weighted by Crippen LogP contribution is -2.14. The second kappa shape index (κ2) is 7.47. The number of carbonyl (C=O) groups is 1. The molecule has 0 spiro atoms. The van der Waals surface area contributed by atoms with Crippen molar-refractivity contribution in [3.05, 3.63) is 78.9 Å². The van der Waals surface area contributed by atoms with Gasteiger partial charge in [0.1, 0.15) is 17.8 Å². The van der Waals surface area contributed by atoms with Gasteiger partial charge in [-0.2, -0.15) is 0 Å². The van der Waals surface area contributed by atoms with Crippen molar-refractivity contribution in [3.63, 3.8) is 0 Å². The van der Waals surface area contributed by atoms with E-state index < -0.39 is 11.7 Å². The van der Waals surface area contributed by atoms with Gasteiger partial charge in [-0.05, 0) is 54.8 Å². The van der Waals surface area contributed by atoms with Gasteiger partial charge in [0.2, 0.25) is 0 Å². The Morgan fingerprint density at radius 3 is 2.77 bits per heavy atom. The zero-order valence-corrected chi connectivity index (χ0v) is 15.9. The lowest BCUT2D eigenvalue weighted by Gasteiger charge is -2.10. The minimum absolute atomic E-state index is 0.225. The monoisotopic (exact) mass is 400 g/mol. The summed E-state index contributed by atoms with van der Waals surface area (Å²) in [7, 11) is 0. The van der Waals surface area contributed by atoms with E-state index in [0.29, 0.717) is 23.1 Å². The van der Waals surface area contributed by atoms with Gasteiger partial charge in [-0.3, -0.25) is 14.8 Å². The number of aromatic nitrogens is 5. The van der Waals surface area contributed by atoms with E-state index in [1.165, 1.54) is 12.1 Å². The van der Waals surface area contributed by atoms with Gasteiger partial charge in [-0.1, -0.05) is 6.07 Å². The van der Waals surface area contributed by atoms with E-state index in [-0.39, 0.29) is 5.69 Å². The summed E-state index contributed by atoms with van der Waals surface area (Å²) in [5.74, 6) is -0.310. The molecule has 148 valence electrons. The second-order valence-electron chi connectivity index (χ2n) is 7.15. The fourth-order valence-corrected chi connectivity index (χ4v) is 3.32. The second-order valence-corrected chi connectivity index (χ2v) is 7.15. The van der Waals surface area contributed by atoms with Crippen LogP contribution >= 0.6 is 0 Å². The maximum absolute atomic E-state index is 14.3. The summed E-state index contributed by atoms with van der Waals surface area (Å²) in [4.78, 5) is 21.0. The molecule has 1 aliphatic carbocycles. The molecular weight excluding hydrogens is 383 g/mol. The summed E-state index contributed by atoms with van der Waals surface area (Å²) in [5.41, 5.74) is 2.81. The summed E-state index contributed by atoms with van der Waals surface area (Å²) in [6.45, 7) is 0. The van der Waals surface area contributed by atoms with Crippen molar-refractivity contribution in [2.24, 2.45) is 0 Å². The summed E-state index contributed by atoms with van der Waals surface area (Å²) < 4.78 is 16.2. The molecule has 4 aromatic rings. The van der Waals surface area contributed by atoms with Gasteiger partial charge in [0.15, 0.2) is 5.82 Å². The molecule has 1 N–H and O–H groups in total. The predicted molar refractivity (Wildman–Crippen MR) is 109 cm³/mol. The van der Waals surface area contributed by atoms with E-state index in [9.17, 15) is 9.18 Å². The lowest BCUT2D eigenvalue weighted by molar-refractivity contribution is 0.102. The number of hydrogen-bond acceptors (Lipinski definition) is 5. The van der Waals surface area contributed by atoms with Crippen molar-refractivity contribution >= 4 is 11.6 Å². The molecule has 0 atom stereocenters. The first kappa shape index (κ1) is 18.1. The highest BCUT2D eigenvalue weighted by Crippen LogP contribution is 2.38. The van der Waals surface area contributed by atoms with Crippen molar-refractivity contribution in [1.82, 2.24) is 24.7 Å². The van der Waals surface area contributed by atoms with Crippen molar-refractivity contribution in [2.45, 2.75) is 18.9 Å². The zero-order chi connectivity index (χ0) is 20.5. The standard InChI is InChI=1S/C22H17FN6O/c23-17-8-16(21-28-26-13-29(21)19-3-4-19)9-18(11-17)27-22(30)20-10-14(5-7-25-20)15-2-1-6-24-12-15/h1-2,5-13,19H,3-4H2,(H,27,30). The summed E-state index contributed by atoms with van der Waals surface area (Å²) in [5, 5.41) is 10.8. The van der Waals surface area contributed by atoms with Crippen molar-refractivity contribution in [1.29, 1.82) is 0 Å². The van der Waals surface area contributed by atoms with Crippen molar-refractivity contribution in [3.8, 4) is 22.5 Å². The number of amides is 1. The minimum Gasteiger partial charge on any atom is -0.321 e. The van der Waals surface area contributed by atoms with Crippen LogP contribution in [0.4, 0.5) is 10.1 Å². The molecule has 1 saturated carbocycles. The molecule has 0 radical (unpaired) electrons. The Kier molecular flexibility index (Phi) is 4.51. The molecule has 0 bridgehead atoms. The number of nitrogens with one attached hydrogen (secondary N) is 1. The van der Waals surface area contributed by atoms with Crippen LogP contribution in [0.3, 0.4) is 0 Å². The van der Waals surface area contributed by atoms with Crippen molar-refractivity contribution < 1.29 is 9.18 Å². The maximum atomic E-state index is 14.3. The molecule has 0 aliphatic heterocycles. The van der Waals surface area contributed by atoms with Crippen molar-refractivity contribution in [2.75, 3.05) is 5.32 Å². The van der Waals surface area contributed by atoms with Crippen LogP contribution in [0.5, 0.6) is 0 Å². The maximum Gasteiger partial charge on any atom is 0.274 e. The topological polar surface area (TPSA) is 85.6 Å². The molecule has 1 aromatic carbocycles. The minimum atomic E-state index is -0.467. The van der Waals surface area contributed by atoms with Gasteiger partial charge in [0.05, 0.1) is 0 Å². The van der Waals surface area contributed by atoms with Gasteiger partial charge < -0.3 is 9.88 Å². The van der Waals surface area contributed by atoms with Gasteiger partial charge >= 0.3 is 0 Å². The zero-order valence-electron chi connectivity index (χ0n) is 15.9. The first-order valence-electron chi connectivity index (χ1n) is 9.56. The average molecular weight is 400 g/mol. The number of pyridine rings is 2. The Morgan fingerprint density at radius 1 is 1.07 bits per heavy atom. The number of nitrogens with zero attached hydrogens (tertiary/aromatic N) is 5. The largest absolute Gasteiger partial charge is 0.321 e.